The molecule has 2 unspecified atom stereocenters. The Balaban J connectivity index is 0.00000241. The van der Waals surface area contributed by atoms with Crippen LogP contribution in [-0.2, 0) is 19.1 Å². The molecule has 1 aliphatic heterocycles. The fourth-order valence-electron chi connectivity index (χ4n) is 9.34. The summed E-state index contributed by atoms with van der Waals surface area (Å²) in [5, 5.41) is 23.0. The van der Waals surface area contributed by atoms with Crippen molar-refractivity contribution in [1.82, 2.24) is 0 Å². The zero-order valence-corrected chi connectivity index (χ0v) is 19.7. The van der Waals surface area contributed by atoms with E-state index in [2.05, 4.69) is 26.0 Å². The molecule has 7 heteroatoms. The van der Waals surface area contributed by atoms with E-state index >= 15 is 0 Å². The summed E-state index contributed by atoms with van der Waals surface area (Å²) in [6.45, 7) is 6.15. The van der Waals surface area contributed by atoms with Crippen LogP contribution in [0, 0.1) is 40.4 Å². The van der Waals surface area contributed by atoms with Crippen molar-refractivity contribution in [2.45, 2.75) is 83.0 Å². The third-order valence-electron chi connectivity index (χ3n) is 10.9. The van der Waals surface area contributed by atoms with Gasteiger partial charge in [0.15, 0.2) is 5.78 Å². The molecule has 5 aliphatic carbocycles. The van der Waals surface area contributed by atoms with E-state index in [1.54, 1.807) is 6.92 Å². The van der Waals surface area contributed by atoms with Gasteiger partial charge in [-0.1, -0.05) is 32.9 Å². The molecule has 0 amide bonds. The summed E-state index contributed by atoms with van der Waals surface area (Å²) < 4.78 is 5.79. The molecule has 10 atom stereocenters. The number of ketones is 2. The van der Waals surface area contributed by atoms with Crippen LogP contribution in [0.5, 0.6) is 0 Å². The molecule has 34 heavy (non-hydrogen) atoms. The molecule has 1 saturated heterocycles. The monoisotopic (exact) mass is 494 g/mol. The second kappa shape index (κ2) is 7.92. The van der Waals surface area contributed by atoms with E-state index < -0.39 is 34.5 Å². The van der Waals surface area contributed by atoms with Crippen molar-refractivity contribution in [1.29, 1.82) is 0 Å². The van der Waals surface area contributed by atoms with Crippen molar-refractivity contribution in [2.24, 2.45) is 40.4 Å². The number of hydrogen-bond acceptors (Lipinski definition) is 6. The first-order chi connectivity index (χ1) is 15.5. The molecule has 0 bridgehead atoms. The summed E-state index contributed by atoms with van der Waals surface area (Å²) >= 11 is 0. The van der Waals surface area contributed by atoms with E-state index in [1.165, 1.54) is 0 Å². The molecule has 0 aromatic rings. The molecule has 180 valence electrons. The Morgan fingerprint density at radius 3 is 2.59 bits per heavy atom. The standard InChI is InChI=1S/C27H34O6.K.H/c1-4-26(23(31)20(29)13-21(30)33-26)27(32)19-12-17(19)22-16-6-5-14-11-15(28)7-9-24(14,2)18(16)8-10-25(22,27)3;;/h5-6,11,16-20,22,29,32H,4,7-10,12-13H2,1-3H3;;/t16-,17+,18+,19-,20?,22?,24-,25-,26-,27-;;/m0../s1. The maximum atomic E-state index is 13.4. The first-order valence-electron chi connectivity index (χ1n) is 12.6. The van der Waals surface area contributed by atoms with E-state index in [9.17, 15) is 24.6 Å². The van der Waals surface area contributed by atoms with Gasteiger partial charge in [-0.25, -0.2) is 0 Å². The number of hydrogen-bond donors (Lipinski definition) is 2. The van der Waals surface area contributed by atoms with Crippen LogP contribution in [0.4, 0.5) is 0 Å². The van der Waals surface area contributed by atoms with E-state index in [1.807, 2.05) is 6.08 Å². The summed E-state index contributed by atoms with van der Waals surface area (Å²) in [5.74, 6) is 0.0148. The summed E-state index contributed by atoms with van der Waals surface area (Å²) in [6.07, 6.45) is 8.46. The van der Waals surface area contributed by atoms with Gasteiger partial charge in [-0.3, -0.25) is 14.4 Å². The summed E-state index contributed by atoms with van der Waals surface area (Å²) in [5.41, 5.74) is -2.70. The number of cyclic esters (lactones) is 1. The number of allylic oxidation sites excluding steroid dienone is 4. The van der Waals surface area contributed by atoms with E-state index in [0.717, 1.165) is 31.3 Å². The van der Waals surface area contributed by atoms with Gasteiger partial charge in [0.2, 0.25) is 11.4 Å². The van der Waals surface area contributed by atoms with Crippen molar-refractivity contribution in [3.8, 4) is 0 Å². The van der Waals surface area contributed by atoms with Gasteiger partial charge in [-0.15, -0.1) is 0 Å². The van der Waals surface area contributed by atoms with Crippen LogP contribution in [0.1, 0.15) is 65.7 Å². The van der Waals surface area contributed by atoms with Crippen molar-refractivity contribution in [3.63, 3.8) is 0 Å². The molecule has 0 aromatic carbocycles. The molecule has 6 rings (SSSR count). The molecule has 6 aliphatic rings. The second-order valence-electron chi connectivity index (χ2n) is 12.0. The molecule has 1 heterocycles. The topological polar surface area (TPSA) is 101 Å². The van der Waals surface area contributed by atoms with Crippen LogP contribution in [0.15, 0.2) is 23.8 Å². The average Bonchev–Trinajstić information content (AvgIpc) is 3.52. The number of aliphatic hydroxyl groups is 2. The number of rotatable bonds is 2. The molecule has 6 nitrogen and oxygen atoms in total. The Morgan fingerprint density at radius 2 is 1.88 bits per heavy atom. The van der Waals surface area contributed by atoms with Gasteiger partial charge in [0, 0.05) is 11.8 Å². The third kappa shape index (κ3) is 2.86. The van der Waals surface area contributed by atoms with Crippen LogP contribution in [0.3, 0.4) is 0 Å². The Labute approximate surface area is 243 Å². The summed E-state index contributed by atoms with van der Waals surface area (Å²) in [4.78, 5) is 37.9. The number of esters is 1. The van der Waals surface area contributed by atoms with Crippen LogP contribution >= 0.6 is 0 Å². The SMILES string of the molecule is CC[C@]1([C@]2(O)[C@H]3C[C@H]3C3[C@H]4C=CC5=CC(=O)CC[C@]5(C)[C@@H]4CC[C@@]32C)OC(=O)CC(O)C1=O.[KH]. The molecular weight excluding hydrogens is 459 g/mol. The zero-order valence-electron chi connectivity index (χ0n) is 19.7. The molecule has 0 radical (unpaired) electrons. The number of ether oxygens (including phenoxy) is 1. The van der Waals surface area contributed by atoms with Crippen LogP contribution < -0.4 is 0 Å². The third-order valence-corrected chi connectivity index (χ3v) is 10.9. The fourth-order valence-corrected chi connectivity index (χ4v) is 9.34. The summed E-state index contributed by atoms with van der Waals surface area (Å²) in [7, 11) is 0. The molecule has 4 fully saturated rings. The first-order valence-corrected chi connectivity index (χ1v) is 12.6. The Kier molecular flexibility index (Phi) is 5.94. The number of Topliss-reactive ketones (excluding diaryl/α,β-unsaturated/α-hetero) is 1. The number of fused-ring (bicyclic) bond motifs is 7. The zero-order chi connectivity index (χ0) is 23.6. The minimum absolute atomic E-state index is 0. The molecule has 2 N–H and O–H groups in total. The molecule has 0 spiro atoms. The number of aliphatic hydroxyl groups excluding tert-OH is 1. The predicted molar refractivity (Wildman–Crippen MR) is 126 cm³/mol. The van der Waals surface area contributed by atoms with Crippen LogP contribution in [0.2, 0.25) is 0 Å². The van der Waals surface area contributed by atoms with Crippen LogP contribution in [-0.4, -0.2) is 96.4 Å². The van der Waals surface area contributed by atoms with Gasteiger partial charge in [0.25, 0.3) is 0 Å². The van der Waals surface area contributed by atoms with Gasteiger partial charge in [-0.2, -0.15) is 0 Å². The van der Waals surface area contributed by atoms with E-state index in [0.29, 0.717) is 12.3 Å². The predicted octanol–water partition coefficient (Wildman–Crippen LogP) is 2.26. The molecule has 3 saturated carbocycles. The van der Waals surface area contributed by atoms with Gasteiger partial charge < -0.3 is 14.9 Å². The Bertz CT molecular complexity index is 1030. The van der Waals surface area contributed by atoms with Gasteiger partial charge in [-0.05, 0) is 78.8 Å². The fraction of sp³-hybridized carbons (Fsp3) is 0.741. The second-order valence-corrected chi connectivity index (χ2v) is 12.0. The van der Waals surface area contributed by atoms with Crippen molar-refractivity contribution >= 4 is 68.9 Å². The number of carbonyl (C=O) groups excluding carboxylic acids is 3. The first kappa shape index (κ1) is 25.5. The average molecular weight is 495 g/mol. The molecular formula is C27H35KO6. The normalized spacial score (nSPS) is 53.0. The van der Waals surface area contributed by atoms with Crippen LogP contribution in [0.25, 0.3) is 0 Å². The van der Waals surface area contributed by atoms with Crippen molar-refractivity contribution in [2.75, 3.05) is 0 Å². The molecule has 0 aromatic heterocycles. The minimum atomic E-state index is -1.69. The van der Waals surface area contributed by atoms with E-state index in [4.69, 9.17) is 4.74 Å². The van der Waals surface area contributed by atoms with Gasteiger partial charge in [0.05, 0.1) is 6.42 Å². The van der Waals surface area contributed by atoms with Crippen molar-refractivity contribution in [3.05, 3.63) is 23.8 Å². The van der Waals surface area contributed by atoms with Gasteiger partial charge in [0.1, 0.15) is 11.7 Å². The number of carbonyl (C=O) groups is 3. The maximum absolute atomic E-state index is 13.4. The Morgan fingerprint density at radius 1 is 1.15 bits per heavy atom. The van der Waals surface area contributed by atoms with Crippen molar-refractivity contribution < 1.29 is 29.3 Å². The summed E-state index contributed by atoms with van der Waals surface area (Å²) in [6, 6.07) is 0. The van der Waals surface area contributed by atoms with Gasteiger partial charge >= 0.3 is 57.4 Å². The quantitative estimate of drug-likeness (QED) is 0.451. The van der Waals surface area contributed by atoms with E-state index in [-0.39, 0.29) is 99.1 Å². The Hall–Kier alpha value is -0.154.